The summed E-state index contributed by atoms with van der Waals surface area (Å²) >= 11 is 11.9. The molecule has 2 aromatic carbocycles. The van der Waals surface area contributed by atoms with Crippen LogP contribution in [0.3, 0.4) is 0 Å². The summed E-state index contributed by atoms with van der Waals surface area (Å²) in [7, 11) is 0. The number of aryl methyl sites for hydroxylation is 1. The molecule has 140 valence electrons. The van der Waals surface area contributed by atoms with Gasteiger partial charge in [0.15, 0.2) is 0 Å². The number of nitrogens with zero attached hydrogens (tertiary/aromatic N) is 2. The molecule has 1 atom stereocenters. The van der Waals surface area contributed by atoms with Crippen molar-refractivity contribution in [3.8, 4) is 0 Å². The number of imidazole rings is 1. The van der Waals surface area contributed by atoms with E-state index in [2.05, 4.69) is 21.7 Å². The topological polar surface area (TPSA) is 27.1 Å². The summed E-state index contributed by atoms with van der Waals surface area (Å²) in [6, 6.07) is 15.7. The van der Waals surface area contributed by atoms with Crippen molar-refractivity contribution in [3.05, 3.63) is 94.5 Å². The van der Waals surface area contributed by atoms with Crippen molar-refractivity contribution in [2.45, 2.75) is 25.5 Å². The summed E-state index contributed by atoms with van der Waals surface area (Å²) in [5.41, 5.74) is 2.37. The third-order valence-corrected chi connectivity index (χ3v) is 4.75. The Morgan fingerprint density at radius 3 is 2.37 bits per heavy atom. The van der Waals surface area contributed by atoms with Crippen LogP contribution >= 0.6 is 23.2 Å². The predicted molar refractivity (Wildman–Crippen MR) is 112 cm³/mol. The van der Waals surface area contributed by atoms with E-state index in [0.717, 1.165) is 35.0 Å². The lowest BCUT2D eigenvalue weighted by Gasteiger charge is -2.18. The minimum absolute atomic E-state index is 0.102. The fourth-order valence-electron chi connectivity index (χ4n) is 2.79. The SMILES string of the molecule is Clc1ccc(/C=C/COC(CCc2ccc(Cl)cc2)Cn2ccnc2)cc1. The van der Waals surface area contributed by atoms with E-state index in [1.165, 1.54) is 5.56 Å². The molecule has 0 saturated carbocycles. The maximum absolute atomic E-state index is 6.12. The maximum atomic E-state index is 6.12. The van der Waals surface area contributed by atoms with E-state index in [1.807, 2.05) is 61.1 Å². The largest absolute Gasteiger partial charge is 0.372 e. The number of halogens is 2. The molecule has 0 radical (unpaired) electrons. The summed E-state index contributed by atoms with van der Waals surface area (Å²) in [6.45, 7) is 1.34. The van der Waals surface area contributed by atoms with Crippen molar-refractivity contribution in [1.29, 1.82) is 0 Å². The predicted octanol–water partition coefficient (Wildman–Crippen LogP) is 5.92. The van der Waals surface area contributed by atoms with Gasteiger partial charge < -0.3 is 9.30 Å². The fourth-order valence-corrected chi connectivity index (χ4v) is 3.04. The zero-order valence-corrected chi connectivity index (χ0v) is 16.5. The van der Waals surface area contributed by atoms with Gasteiger partial charge in [-0.25, -0.2) is 4.98 Å². The van der Waals surface area contributed by atoms with Gasteiger partial charge in [0.1, 0.15) is 0 Å². The maximum Gasteiger partial charge on any atom is 0.0946 e. The van der Waals surface area contributed by atoms with Crippen LogP contribution in [0.25, 0.3) is 6.08 Å². The molecule has 0 saturated heterocycles. The van der Waals surface area contributed by atoms with Crippen LogP contribution in [-0.4, -0.2) is 22.3 Å². The van der Waals surface area contributed by atoms with Crippen LogP contribution < -0.4 is 0 Å². The highest BCUT2D eigenvalue weighted by atomic mass is 35.5. The first kappa shape index (κ1) is 19.7. The Bertz CT molecular complexity index is 828. The normalized spacial score (nSPS) is 12.5. The van der Waals surface area contributed by atoms with E-state index in [1.54, 1.807) is 6.20 Å². The highest BCUT2D eigenvalue weighted by Crippen LogP contribution is 2.14. The molecule has 0 N–H and O–H groups in total. The average Bonchev–Trinajstić information content (AvgIpc) is 3.19. The molecule has 1 aromatic heterocycles. The van der Waals surface area contributed by atoms with Crippen molar-refractivity contribution in [3.63, 3.8) is 0 Å². The molecule has 0 aliphatic carbocycles. The van der Waals surface area contributed by atoms with Gasteiger partial charge in [0.2, 0.25) is 0 Å². The zero-order valence-electron chi connectivity index (χ0n) is 15.0. The van der Waals surface area contributed by atoms with Crippen molar-refractivity contribution in [2.75, 3.05) is 6.61 Å². The number of benzene rings is 2. The summed E-state index contributed by atoms with van der Waals surface area (Å²) < 4.78 is 8.17. The molecule has 0 spiro atoms. The lowest BCUT2D eigenvalue weighted by Crippen LogP contribution is -2.20. The highest BCUT2D eigenvalue weighted by molar-refractivity contribution is 6.30. The summed E-state index contributed by atoms with van der Waals surface area (Å²) in [5, 5.41) is 1.50. The molecule has 1 unspecified atom stereocenters. The van der Waals surface area contributed by atoms with Gasteiger partial charge in [0.25, 0.3) is 0 Å². The molecular weight excluding hydrogens is 379 g/mol. The molecule has 1 heterocycles. The van der Waals surface area contributed by atoms with Gasteiger partial charge in [-0.05, 0) is 48.2 Å². The standard InChI is InChI=1S/C22H22Cl2N2O/c23-20-8-3-18(4-9-20)2-1-15-27-22(16-26-14-13-25-17-26)12-7-19-5-10-21(24)11-6-19/h1-6,8-11,13-14,17,22H,7,12,15-16H2/b2-1+. The van der Waals surface area contributed by atoms with Crippen LogP contribution in [0, 0.1) is 0 Å². The van der Waals surface area contributed by atoms with E-state index in [4.69, 9.17) is 27.9 Å². The Morgan fingerprint density at radius 2 is 1.70 bits per heavy atom. The van der Waals surface area contributed by atoms with Crippen LogP contribution in [0.1, 0.15) is 17.5 Å². The van der Waals surface area contributed by atoms with Gasteiger partial charge in [-0.15, -0.1) is 0 Å². The molecule has 27 heavy (non-hydrogen) atoms. The zero-order chi connectivity index (χ0) is 18.9. The molecule has 0 bridgehead atoms. The number of rotatable bonds is 9. The minimum Gasteiger partial charge on any atom is -0.372 e. The summed E-state index contributed by atoms with van der Waals surface area (Å²) in [4.78, 5) is 4.11. The second-order valence-corrected chi connectivity index (χ2v) is 7.21. The van der Waals surface area contributed by atoms with Crippen LogP contribution in [0.2, 0.25) is 10.0 Å². The monoisotopic (exact) mass is 400 g/mol. The van der Waals surface area contributed by atoms with Crippen molar-refractivity contribution in [2.24, 2.45) is 0 Å². The molecule has 5 heteroatoms. The Hall–Kier alpha value is -2.07. The molecule has 0 aliphatic rings. The number of aromatic nitrogens is 2. The summed E-state index contributed by atoms with van der Waals surface area (Å²) in [5.74, 6) is 0. The van der Waals surface area contributed by atoms with Gasteiger partial charge in [0, 0.05) is 29.0 Å². The van der Waals surface area contributed by atoms with Crippen LogP contribution in [0.15, 0.2) is 73.3 Å². The smallest absolute Gasteiger partial charge is 0.0946 e. The highest BCUT2D eigenvalue weighted by Gasteiger charge is 2.10. The van der Waals surface area contributed by atoms with Crippen molar-refractivity contribution >= 4 is 29.3 Å². The lowest BCUT2D eigenvalue weighted by molar-refractivity contribution is 0.0553. The van der Waals surface area contributed by atoms with Crippen molar-refractivity contribution < 1.29 is 4.74 Å². The average molecular weight is 401 g/mol. The molecule has 3 aromatic rings. The first-order valence-corrected chi connectivity index (χ1v) is 9.68. The van der Waals surface area contributed by atoms with E-state index < -0.39 is 0 Å². The van der Waals surface area contributed by atoms with Gasteiger partial charge in [-0.2, -0.15) is 0 Å². The minimum atomic E-state index is 0.102. The van der Waals surface area contributed by atoms with E-state index in [9.17, 15) is 0 Å². The van der Waals surface area contributed by atoms with Gasteiger partial charge in [-0.3, -0.25) is 0 Å². The first-order chi connectivity index (χ1) is 13.2. The van der Waals surface area contributed by atoms with E-state index in [-0.39, 0.29) is 6.10 Å². The number of ether oxygens (including phenoxy) is 1. The Balaban J connectivity index is 1.54. The Kier molecular flexibility index (Phi) is 7.52. The second kappa shape index (κ2) is 10.3. The molecule has 0 fully saturated rings. The lowest BCUT2D eigenvalue weighted by atomic mass is 10.1. The van der Waals surface area contributed by atoms with Gasteiger partial charge >= 0.3 is 0 Å². The summed E-state index contributed by atoms with van der Waals surface area (Å²) in [6.07, 6.45) is 11.6. The Morgan fingerprint density at radius 1 is 1.00 bits per heavy atom. The van der Waals surface area contributed by atoms with Crippen LogP contribution in [0.4, 0.5) is 0 Å². The fraction of sp³-hybridized carbons (Fsp3) is 0.227. The first-order valence-electron chi connectivity index (χ1n) is 8.93. The molecule has 0 aliphatic heterocycles. The van der Waals surface area contributed by atoms with E-state index >= 15 is 0 Å². The number of hydrogen-bond acceptors (Lipinski definition) is 2. The Labute approximate surface area is 170 Å². The quantitative estimate of drug-likeness (QED) is 0.445. The third-order valence-electron chi connectivity index (χ3n) is 4.25. The van der Waals surface area contributed by atoms with E-state index in [0.29, 0.717) is 6.61 Å². The van der Waals surface area contributed by atoms with Gasteiger partial charge in [0.05, 0.1) is 19.0 Å². The van der Waals surface area contributed by atoms with Crippen LogP contribution in [0.5, 0.6) is 0 Å². The van der Waals surface area contributed by atoms with Gasteiger partial charge in [-0.1, -0.05) is 59.6 Å². The molecule has 3 rings (SSSR count). The van der Waals surface area contributed by atoms with Crippen LogP contribution in [-0.2, 0) is 17.7 Å². The number of hydrogen-bond donors (Lipinski definition) is 0. The second-order valence-electron chi connectivity index (χ2n) is 6.33. The molecular formula is C22H22Cl2N2O. The third kappa shape index (κ3) is 6.87. The van der Waals surface area contributed by atoms with Crippen molar-refractivity contribution in [1.82, 2.24) is 9.55 Å². The molecule has 3 nitrogen and oxygen atoms in total. The molecule has 0 amide bonds.